The minimum atomic E-state index is 0.172. The number of ether oxygens (including phenoxy) is 1. The second-order valence-corrected chi connectivity index (χ2v) is 3.65. The van der Waals surface area contributed by atoms with Crippen LogP contribution in [0.2, 0.25) is 0 Å². The molecule has 2 rings (SSSR count). The molecule has 1 saturated heterocycles. The standard InChI is InChI=1S/C12H18N2O/c1-2-14(11-6-4-3-5-7-11)12-10-13-8-9-15-12/h3-7,12-13H,2,8-10H2,1H3. The Morgan fingerprint density at radius 2 is 2.20 bits per heavy atom. The van der Waals surface area contributed by atoms with Crippen molar-refractivity contribution in [1.29, 1.82) is 0 Å². The van der Waals surface area contributed by atoms with Gasteiger partial charge >= 0.3 is 0 Å². The van der Waals surface area contributed by atoms with Gasteiger partial charge in [0.25, 0.3) is 0 Å². The van der Waals surface area contributed by atoms with Crippen LogP contribution in [0.15, 0.2) is 30.3 Å². The van der Waals surface area contributed by atoms with Gasteiger partial charge in [-0.25, -0.2) is 0 Å². The van der Waals surface area contributed by atoms with Crippen molar-refractivity contribution in [2.24, 2.45) is 0 Å². The highest BCUT2D eigenvalue weighted by Gasteiger charge is 2.20. The lowest BCUT2D eigenvalue weighted by molar-refractivity contribution is 0.0272. The van der Waals surface area contributed by atoms with E-state index in [0.29, 0.717) is 0 Å². The molecule has 0 aromatic heterocycles. The van der Waals surface area contributed by atoms with Crippen LogP contribution in [-0.4, -0.2) is 32.5 Å². The molecule has 1 N–H and O–H groups in total. The highest BCUT2D eigenvalue weighted by Crippen LogP contribution is 2.17. The van der Waals surface area contributed by atoms with E-state index in [2.05, 4.69) is 41.4 Å². The Bertz CT molecular complexity index is 283. The molecule has 1 unspecified atom stereocenters. The van der Waals surface area contributed by atoms with Crippen molar-refractivity contribution in [3.8, 4) is 0 Å². The van der Waals surface area contributed by atoms with Crippen LogP contribution >= 0.6 is 0 Å². The summed E-state index contributed by atoms with van der Waals surface area (Å²) in [6, 6.07) is 10.4. The molecule has 82 valence electrons. The lowest BCUT2D eigenvalue weighted by atomic mass is 10.2. The van der Waals surface area contributed by atoms with E-state index in [4.69, 9.17) is 4.74 Å². The summed E-state index contributed by atoms with van der Waals surface area (Å²) in [5, 5.41) is 3.35. The fourth-order valence-corrected chi connectivity index (χ4v) is 1.92. The van der Waals surface area contributed by atoms with E-state index in [1.165, 1.54) is 5.69 Å². The molecule has 3 heteroatoms. The number of morpholine rings is 1. The van der Waals surface area contributed by atoms with Crippen LogP contribution < -0.4 is 10.2 Å². The molecule has 1 aliphatic rings. The van der Waals surface area contributed by atoms with Crippen molar-refractivity contribution < 1.29 is 4.74 Å². The van der Waals surface area contributed by atoms with E-state index in [9.17, 15) is 0 Å². The fraction of sp³-hybridized carbons (Fsp3) is 0.500. The van der Waals surface area contributed by atoms with Gasteiger partial charge in [0.1, 0.15) is 6.23 Å². The maximum Gasteiger partial charge on any atom is 0.142 e. The Kier molecular flexibility index (Phi) is 3.59. The number of para-hydroxylation sites is 1. The predicted octanol–water partition coefficient (Wildman–Crippen LogP) is 1.46. The first-order valence-electron chi connectivity index (χ1n) is 5.56. The van der Waals surface area contributed by atoms with E-state index in [0.717, 1.165) is 26.2 Å². The summed E-state index contributed by atoms with van der Waals surface area (Å²) < 4.78 is 5.75. The molecule has 0 amide bonds. The molecule has 1 heterocycles. The topological polar surface area (TPSA) is 24.5 Å². The van der Waals surface area contributed by atoms with Gasteiger partial charge in [0, 0.05) is 25.3 Å². The fourth-order valence-electron chi connectivity index (χ4n) is 1.92. The summed E-state index contributed by atoms with van der Waals surface area (Å²) in [6.07, 6.45) is 0.172. The molecule has 1 fully saturated rings. The maximum absolute atomic E-state index is 5.75. The van der Waals surface area contributed by atoms with Crippen molar-refractivity contribution in [3.05, 3.63) is 30.3 Å². The summed E-state index contributed by atoms with van der Waals surface area (Å²) >= 11 is 0. The summed E-state index contributed by atoms with van der Waals surface area (Å²) in [4.78, 5) is 2.28. The monoisotopic (exact) mass is 206 g/mol. The minimum absolute atomic E-state index is 0.172. The predicted molar refractivity (Wildman–Crippen MR) is 62.1 cm³/mol. The first kappa shape index (κ1) is 10.5. The number of benzene rings is 1. The van der Waals surface area contributed by atoms with Crippen LogP contribution in [0, 0.1) is 0 Å². The van der Waals surface area contributed by atoms with Gasteiger partial charge in [-0.05, 0) is 19.1 Å². The van der Waals surface area contributed by atoms with Crippen molar-refractivity contribution in [3.63, 3.8) is 0 Å². The summed E-state index contributed by atoms with van der Waals surface area (Å²) in [5.41, 5.74) is 1.23. The van der Waals surface area contributed by atoms with E-state index in [1.54, 1.807) is 0 Å². The maximum atomic E-state index is 5.75. The summed E-state index contributed by atoms with van der Waals surface area (Å²) in [5.74, 6) is 0. The van der Waals surface area contributed by atoms with Gasteiger partial charge in [0.15, 0.2) is 0 Å². The number of hydrogen-bond donors (Lipinski definition) is 1. The number of rotatable bonds is 3. The van der Waals surface area contributed by atoms with Crippen LogP contribution in [0.1, 0.15) is 6.92 Å². The third-order valence-electron chi connectivity index (χ3n) is 2.68. The van der Waals surface area contributed by atoms with E-state index >= 15 is 0 Å². The van der Waals surface area contributed by atoms with E-state index in [-0.39, 0.29) is 6.23 Å². The molecular weight excluding hydrogens is 188 g/mol. The first-order chi connectivity index (χ1) is 7.42. The molecule has 1 atom stereocenters. The van der Waals surface area contributed by atoms with Crippen LogP contribution in [-0.2, 0) is 4.74 Å². The summed E-state index contributed by atoms with van der Waals surface area (Å²) in [7, 11) is 0. The van der Waals surface area contributed by atoms with Crippen molar-refractivity contribution >= 4 is 5.69 Å². The number of nitrogens with one attached hydrogen (secondary N) is 1. The smallest absolute Gasteiger partial charge is 0.142 e. The second kappa shape index (κ2) is 5.14. The van der Waals surface area contributed by atoms with Gasteiger partial charge in [-0.3, -0.25) is 0 Å². The van der Waals surface area contributed by atoms with Crippen molar-refractivity contribution in [1.82, 2.24) is 5.32 Å². The van der Waals surface area contributed by atoms with E-state index in [1.807, 2.05) is 6.07 Å². The molecule has 0 aliphatic carbocycles. The Morgan fingerprint density at radius 1 is 1.40 bits per heavy atom. The van der Waals surface area contributed by atoms with Crippen LogP contribution in [0.4, 0.5) is 5.69 Å². The van der Waals surface area contributed by atoms with E-state index < -0.39 is 0 Å². The molecule has 3 nitrogen and oxygen atoms in total. The molecule has 1 aromatic carbocycles. The lowest BCUT2D eigenvalue weighted by Gasteiger charge is -2.35. The van der Waals surface area contributed by atoms with Crippen LogP contribution in [0.5, 0.6) is 0 Å². The van der Waals surface area contributed by atoms with Gasteiger partial charge in [0.2, 0.25) is 0 Å². The largest absolute Gasteiger partial charge is 0.356 e. The molecule has 1 aromatic rings. The molecule has 0 spiro atoms. The molecule has 0 saturated carbocycles. The highest BCUT2D eigenvalue weighted by atomic mass is 16.5. The normalized spacial score (nSPS) is 21.3. The van der Waals surface area contributed by atoms with Crippen LogP contribution in [0.25, 0.3) is 0 Å². The number of nitrogens with zero attached hydrogens (tertiary/aromatic N) is 1. The zero-order valence-electron chi connectivity index (χ0n) is 9.15. The first-order valence-corrected chi connectivity index (χ1v) is 5.56. The lowest BCUT2D eigenvalue weighted by Crippen LogP contribution is -2.49. The average molecular weight is 206 g/mol. The van der Waals surface area contributed by atoms with Gasteiger partial charge in [-0.1, -0.05) is 18.2 Å². The van der Waals surface area contributed by atoms with Gasteiger partial charge in [0.05, 0.1) is 6.61 Å². The zero-order chi connectivity index (χ0) is 10.5. The van der Waals surface area contributed by atoms with Crippen molar-refractivity contribution in [2.45, 2.75) is 13.2 Å². The molecule has 0 radical (unpaired) electrons. The Balaban J connectivity index is 2.09. The molecule has 1 aliphatic heterocycles. The number of hydrogen-bond acceptors (Lipinski definition) is 3. The average Bonchev–Trinajstić information content (AvgIpc) is 2.33. The third kappa shape index (κ3) is 2.49. The third-order valence-corrected chi connectivity index (χ3v) is 2.68. The summed E-state index contributed by atoms with van der Waals surface area (Å²) in [6.45, 7) is 5.79. The molecule has 0 bridgehead atoms. The van der Waals surface area contributed by atoms with Crippen LogP contribution in [0.3, 0.4) is 0 Å². The van der Waals surface area contributed by atoms with Gasteiger partial charge in [-0.2, -0.15) is 0 Å². The number of likely N-dealkylation sites (N-methyl/N-ethyl adjacent to an activating group) is 1. The molecular formula is C12H18N2O. The minimum Gasteiger partial charge on any atom is -0.356 e. The Hall–Kier alpha value is -1.06. The highest BCUT2D eigenvalue weighted by molar-refractivity contribution is 5.46. The number of anilines is 1. The zero-order valence-corrected chi connectivity index (χ0v) is 9.15. The van der Waals surface area contributed by atoms with Crippen molar-refractivity contribution in [2.75, 3.05) is 31.1 Å². The SMILES string of the molecule is CCN(c1ccccc1)C1CNCCO1. The quantitative estimate of drug-likeness (QED) is 0.810. The molecule has 15 heavy (non-hydrogen) atoms. The van der Waals surface area contributed by atoms with Gasteiger partial charge < -0.3 is 15.0 Å². The Morgan fingerprint density at radius 3 is 2.80 bits per heavy atom. The second-order valence-electron chi connectivity index (χ2n) is 3.65. The Labute approximate surface area is 91.0 Å². The van der Waals surface area contributed by atoms with Gasteiger partial charge in [-0.15, -0.1) is 0 Å².